The van der Waals surface area contributed by atoms with Crippen molar-refractivity contribution < 1.29 is 19.4 Å². The van der Waals surface area contributed by atoms with Crippen LogP contribution in [0.15, 0.2) is 24.3 Å². The molecule has 1 amide bonds. The van der Waals surface area contributed by atoms with Crippen molar-refractivity contribution in [1.82, 2.24) is 9.80 Å². The zero-order valence-corrected chi connectivity index (χ0v) is 12.8. The zero-order valence-electron chi connectivity index (χ0n) is 12.8. The number of benzene rings is 1. The lowest BCUT2D eigenvalue weighted by molar-refractivity contribution is -0.0526. The molecule has 6 heteroatoms. The molecule has 22 heavy (non-hydrogen) atoms. The van der Waals surface area contributed by atoms with Gasteiger partial charge in [-0.1, -0.05) is 6.07 Å². The second-order valence-electron chi connectivity index (χ2n) is 5.77. The van der Waals surface area contributed by atoms with Crippen molar-refractivity contribution in [3.05, 3.63) is 29.8 Å². The van der Waals surface area contributed by atoms with Crippen LogP contribution in [0.1, 0.15) is 10.4 Å². The van der Waals surface area contributed by atoms with Crippen LogP contribution in [0.4, 0.5) is 0 Å². The van der Waals surface area contributed by atoms with Gasteiger partial charge in [-0.2, -0.15) is 0 Å². The fourth-order valence-corrected chi connectivity index (χ4v) is 3.23. The molecule has 1 aromatic carbocycles. The third-order valence-corrected chi connectivity index (χ3v) is 4.38. The Balaban J connectivity index is 1.69. The largest absolute Gasteiger partial charge is 0.508 e. The van der Waals surface area contributed by atoms with E-state index in [4.69, 9.17) is 9.47 Å². The Morgan fingerprint density at radius 1 is 1.45 bits per heavy atom. The van der Waals surface area contributed by atoms with Crippen LogP contribution in [0.2, 0.25) is 0 Å². The molecular weight excluding hydrogens is 284 g/mol. The monoisotopic (exact) mass is 306 g/mol. The number of phenolic OH excluding ortho intramolecular Hbond substituents is 1. The minimum absolute atomic E-state index is 0.0550. The normalized spacial score (nSPS) is 25.2. The van der Waals surface area contributed by atoms with Gasteiger partial charge in [-0.25, -0.2) is 0 Å². The van der Waals surface area contributed by atoms with E-state index in [0.29, 0.717) is 31.9 Å². The summed E-state index contributed by atoms with van der Waals surface area (Å²) < 4.78 is 11.0. The number of likely N-dealkylation sites (tertiary alicyclic amines) is 1. The van der Waals surface area contributed by atoms with Crippen LogP contribution < -0.4 is 0 Å². The van der Waals surface area contributed by atoms with E-state index in [1.807, 2.05) is 4.90 Å². The molecule has 0 unspecified atom stereocenters. The van der Waals surface area contributed by atoms with E-state index >= 15 is 0 Å². The fraction of sp³-hybridized carbons (Fsp3) is 0.562. The second-order valence-corrected chi connectivity index (χ2v) is 5.77. The molecule has 0 spiro atoms. The average molecular weight is 306 g/mol. The van der Waals surface area contributed by atoms with Gasteiger partial charge in [0.2, 0.25) is 0 Å². The van der Waals surface area contributed by atoms with Gasteiger partial charge in [0.25, 0.3) is 5.91 Å². The lowest BCUT2D eigenvalue weighted by Gasteiger charge is -2.36. The summed E-state index contributed by atoms with van der Waals surface area (Å²) in [5.74, 6) is 0.0565. The maximum Gasteiger partial charge on any atom is 0.254 e. The molecule has 2 heterocycles. The number of nitrogens with zero attached hydrogens (tertiary/aromatic N) is 2. The highest BCUT2D eigenvalue weighted by molar-refractivity contribution is 5.94. The Bertz CT molecular complexity index is 537. The number of aromatic hydroxyl groups is 1. The van der Waals surface area contributed by atoms with E-state index < -0.39 is 0 Å². The van der Waals surface area contributed by atoms with E-state index in [1.165, 1.54) is 6.07 Å². The first-order chi connectivity index (χ1) is 10.7. The number of hydrogen-bond donors (Lipinski definition) is 1. The standard InChI is InChI=1S/C16H22N2O4/c1-21-7-5-17-6-8-22-15-11-18(10-14(15)17)16(20)12-3-2-4-13(19)9-12/h2-4,9,14-15,19H,5-8,10-11H2,1H3/t14-,15+/m0/s1. The Labute approximate surface area is 130 Å². The van der Waals surface area contributed by atoms with E-state index in [2.05, 4.69) is 4.90 Å². The first-order valence-electron chi connectivity index (χ1n) is 7.62. The predicted molar refractivity (Wildman–Crippen MR) is 81.0 cm³/mol. The number of rotatable bonds is 4. The van der Waals surface area contributed by atoms with Gasteiger partial charge >= 0.3 is 0 Å². The van der Waals surface area contributed by atoms with Gasteiger partial charge in [-0.3, -0.25) is 9.69 Å². The lowest BCUT2D eigenvalue weighted by Crippen LogP contribution is -2.51. The average Bonchev–Trinajstić information content (AvgIpc) is 2.96. The van der Waals surface area contributed by atoms with Gasteiger partial charge in [0.15, 0.2) is 0 Å². The van der Waals surface area contributed by atoms with Crippen molar-refractivity contribution >= 4 is 5.91 Å². The van der Waals surface area contributed by atoms with Crippen LogP contribution in [0, 0.1) is 0 Å². The minimum Gasteiger partial charge on any atom is -0.508 e. The number of morpholine rings is 1. The molecule has 0 saturated carbocycles. The van der Waals surface area contributed by atoms with Crippen molar-refractivity contribution in [2.24, 2.45) is 0 Å². The summed E-state index contributed by atoms with van der Waals surface area (Å²) in [5, 5.41) is 9.53. The smallest absolute Gasteiger partial charge is 0.254 e. The predicted octanol–water partition coefficient (Wildman–Crippen LogP) is 0.564. The lowest BCUT2D eigenvalue weighted by atomic mass is 10.1. The molecule has 0 aromatic heterocycles. The van der Waals surface area contributed by atoms with E-state index in [-0.39, 0.29) is 23.8 Å². The summed E-state index contributed by atoms with van der Waals surface area (Å²) in [6.07, 6.45) is 0.0619. The molecule has 1 aromatic rings. The maximum absolute atomic E-state index is 12.6. The van der Waals surface area contributed by atoms with E-state index in [1.54, 1.807) is 25.3 Å². The molecule has 0 bridgehead atoms. The molecule has 2 aliphatic rings. The summed E-state index contributed by atoms with van der Waals surface area (Å²) in [6.45, 7) is 4.36. The highest BCUT2D eigenvalue weighted by Gasteiger charge is 2.41. The number of amides is 1. The first kappa shape index (κ1) is 15.3. The number of phenols is 1. The number of methoxy groups -OCH3 is 1. The maximum atomic E-state index is 12.6. The van der Waals surface area contributed by atoms with Gasteiger partial charge < -0.3 is 19.5 Å². The topological polar surface area (TPSA) is 62.2 Å². The van der Waals surface area contributed by atoms with Gasteiger partial charge in [-0.05, 0) is 18.2 Å². The Morgan fingerprint density at radius 3 is 3.09 bits per heavy atom. The number of fused-ring (bicyclic) bond motifs is 1. The zero-order chi connectivity index (χ0) is 15.5. The number of ether oxygens (including phenoxy) is 2. The van der Waals surface area contributed by atoms with Gasteiger partial charge in [0.1, 0.15) is 5.75 Å². The third kappa shape index (κ3) is 3.09. The van der Waals surface area contributed by atoms with Crippen LogP contribution in [-0.4, -0.2) is 79.5 Å². The number of carbonyl (C=O) groups excluding carboxylic acids is 1. The number of hydrogen-bond acceptors (Lipinski definition) is 5. The fourth-order valence-electron chi connectivity index (χ4n) is 3.23. The molecule has 2 atom stereocenters. The third-order valence-electron chi connectivity index (χ3n) is 4.38. The summed E-state index contributed by atoms with van der Waals surface area (Å²) in [7, 11) is 1.70. The van der Waals surface area contributed by atoms with Crippen molar-refractivity contribution in [1.29, 1.82) is 0 Å². The molecule has 120 valence electrons. The molecule has 2 fully saturated rings. The van der Waals surface area contributed by atoms with Crippen molar-refractivity contribution in [3.8, 4) is 5.75 Å². The Kier molecular flexibility index (Phi) is 4.61. The van der Waals surface area contributed by atoms with Crippen molar-refractivity contribution in [2.75, 3.05) is 46.5 Å². The molecule has 0 radical (unpaired) electrons. The summed E-state index contributed by atoms with van der Waals surface area (Å²) in [4.78, 5) is 16.7. The quantitative estimate of drug-likeness (QED) is 0.881. The van der Waals surface area contributed by atoms with Gasteiger partial charge in [-0.15, -0.1) is 0 Å². The van der Waals surface area contributed by atoms with Crippen molar-refractivity contribution in [3.63, 3.8) is 0 Å². The second kappa shape index (κ2) is 6.64. The highest BCUT2D eigenvalue weighted by Crippen LogP contribution is 2.24. The number of carbonyl (C=O) groups is 1. The molecule has 0 aliphatic carbocycles. The van der Waals surface area contributed by atoms with E-state index in [0.717, 1.165) is 13.1 Å². The minimum atomic E-state index is -0.0550. The Morgan fingerprint density at radius 2 is 2.32 bits per heavy atom. The Hall–Kier alpha value is -1.63. The summed E-state index contributed by atoms with van der Waals surface area (Å²) in [6, 6.07) is 6.72. The molecular formula is C16H22N2O4. The summed E-state index contributed by atoms with van der Waals surface area (Å²) in [5.41, 5.74) is 0.516. The summed E-state index contributed by atoms with van der Waals surface area (Å²) >= 11 is 0. The molecule has 2 aliphatic heterocycles. The van der Waals surface area contributed by atoms with E-state index in [9.17, 15) is 9.90 Å². The van der Waals surface area contributed by atoms with Gasteiger partial charge in [0, 0.05) is 38.9 Å². The van der Waals surface area contributed by atoms with Crippen LogP contribution in [0.5, 0.6) is 5.75 Å². The highest BCUT2D eigenvalue weighted by atomic mass is 16.5. The molecule has 2 saturated heterocycles. The van der Waals surface area contributed by atoms with Crippen LogP contribution >= 0.6 is 0 Å². The SMILES string of the molecule is COCCN1CCO[C@@H]2CN(C(=O)c3cccc(O)c3)C[C@@H]21. The van der Waals surface area contributed by atoms with Crippen molar-refractivity contribution in [2.45, 2.75) is 12.1 Å². The van der Waals surface area contributed by atoms with Crippen LogP contribution in [0.3, 0.4) is 0 Å². The molecule has 3 rings (SSSR count). The van der Waals surface area contributed by atoms with Crippen LogP contribution in [-0.2, 0) is 9.47 Å². The van der Waals surface area contributed by atoms with Gasteiger partial charge in [0.05, 0.1) is 25.4 Å². The first-order valence-corrected chi connectivity index (χ1v) is 7.62. The molecule has 1 N–H and O–H groups in total. The van der Waals surface area contributed by atoms with Crippen LogP contribution in [0.25, 0.3) is 0 Å². The molecule has 6 nitrogen and oxygen atoms in total.